The average Bonchev–Trinajstić information content (AvgIpc) is 2.52. The maximum atomic E-state index is 12.0. The van der Waals surface area contributed by atoms with Crippen LogP contribution in [-0.4, -0.2) is 21.8 Å². The number of hydrogen-bond acceptors (Lipinski definition) is 2. The first-order valence-corrected chi connectivity index (χ1v) is 7.78. The van der Waals surface area contributed by atoms with Gasteiger partial charge in [-0.3, -0.25) is 4.21 Å². The molecule has 1 fully saturated rings. The fraction of sp³-hybridized carbons (Fsp3) is 0.571. The van der Waals surface area contributed by atoms with Crippen LogP contribution in [0.3, 0.4) is 0 Å². The summed E-state index contributed by atoms with van der Waals surface area (Å²) in [5, 5.41) is 3.82. The molecule has 0 amide bonds. The van der Waals surface area contributed by atoms with Gasteiger partial charge in [-0.1, -0.05) is 38.1 Å². The van der Waals surface area contributed by atoms with Crippen molar-refractivity contribution in [2.75, 3.05) is 12.3 Å². The first-order chi connectivity index (χ1) is 8.20. The molecule has 2 rings (SSSR count). The molecule has 0 aromatic heterocycles. The molecule has 3 unspecified atom stereocenters. The van der Waals surface area contributed by atoms with Gasteiger partial charge >= 0.3 is 0 Å². The van der Waals surface area contributed by atoms with Crippen molar-refractivity contribution < 1.29 is 4.21 Å². The fourth-order valence-corrected chi connectivity index (χ4v) is 3.53. The van der Waals surface area contributed by atoms with Gasteiger partial charge in [0.05, 0.1) is 0 Å². The topological polar surface area (TPSA) is 29.1 Å². The summed E-state index contributed by atoms with van der Waals surface area (Å²) in [7, 11) is -0.703. The monoisotopic (exact) mass is 251 g/mol. The van der Waals surface area contributed by atoms with E-state index in [1.807, 2.05) is 0 Å². The zero-order valence-corrected chi connectivity index (χ0v) is 11.4. The largest absolute Gasteiger partial charge is 0.309 e. The molecule has 1 heterocycles. The van der Waals surface area contributed by atoms with Gasteiger partial charge in [0.15, 0.2) is 0 Å². The molecule has 1 aliphatic heterocycles. The highest BCUT2D eigenvalue weighted by molar-refractivity contribution is 7.85. The standard InChI is InChI=1S/C14H21NOS/c1-3-12-4-6-13(7-5-12)14-10-17(16)11(2)8-9-15-14/h4-7,11,14-15H,3,8-10H2,1-2H3. The molecule has 1 N–H and O–H groups in total. The van der Waals surface area contributed by atoms with E-state index < -0.39 is 10.8 Å². The molecule has 94 valence electrons. The Labute approximate surface area is 106 Å². The van der Waals surface area contributed by atoms with Crippen LogP contribution in [0.1, 0.15) is 37.4 Å². The van der Waals surface area contributed by atoms with Crippen LogP contribution in [0.2, 0.25) is 0 Å². The molecule has 17 heavy (non-hydrogen) atoms. The van der Waals surface area contributed by atoms with Crippen LogP contribution in [0.4, 0.5) is 0 Å². The van der Waals surface area contributed by atoms with Crippen LogP contribution in [0.25, 0.3) is 0 Å². The molecule has 0 saturated carbocycles. The Bertz CT molecular complexity index is 388. The van der Waals surface area contributed by atoms with Crippen LogP contribution < -0.4 is 5.32 Å². The van der Waals surface area contributed by atoms with Gasteiger partial charge in [0.2, 0.25) is 0 Å². The van der Waals surface area contributed by atoms with Crippen LogP contribution >= 0.6 is 0 Å². The van der Waals surface area contributed by atoms with E-state index in [4.69, 9.17) is 0 Å². The van der Waals surface area contributed by atoms with Gasteiger partial charge in [0.1, 0.15) is 0 Å². The van der Waals surface area contributed by atoms with Gasteiger partial charge in [-0.05, 0) is 30.5 Å². The van der Waals surface area contributed by atoms with Gasteiger partial charge in [-0.2, -0.15) is 0 Å². The summed E-state index contributed by atoms with van der Waals surface area (Å²) in [5.41, 5.74) is 2.63. The minimum Gasteiger partial charge on any atom is -0.309 e. The highest BCUT2D eigenvalue weighted by Gasteiger charge is 2.22. The van der Waals surface area contributed by atoms with Crippen LogP contribution in [-0.2, 0) is 17.2 Å². The predicted molar refractivity (Wildman–Crippen MR) is 73.7 cm³/mol. The highest BCUT2D eigenvalue weighted by atomic mass is 32.2. The normalized spacial score (nSPS) is 29.9. The van der Waals surface area contributed by atoms with Crippen LogP contribution in [0.5, 0.6) is 0 Å². The van der Waals surface area contributed by atoms with E-state index in [0.717, 1.165) is 25.1 Å². The third-order valence-corrected chi connectivity index (χ3v) is 5.31. The summed E-state index contributed by atoms with van der Waals surface area (Å²) in [6.45, 7) is 5.21. The summed E-state index contributed by atoms with van der Waals surface area (Å²) >= 11 is 0. The summed E-state index contributed by atoms with van der Waals surface area (Å²) in [4.78, 5) is 0. The Morgan fingerprint density at radius 1 is 1.35 bits per heavy atom. The van der Waals surface area contributed by atoms with Crippen molar-refractivity contribution >= 4 is 10.8 Å². The third kappa shape index (κ3) is 3.17. The first-order valence-electron chi connectivity index (χ1n) is 6.40. The molecular weight excluding hydrogens is 230 g/mol. The van der Waals surface area contributed by atoms with Crippen molar-refractivity contribution in [2.45, 2.75) is 38.0 Å². The van der Waals surface area contributed by atoms with Crippen LogP contribution in [0.15, 0.2) is 24.3 Å². The minimum absolute atomic E-state index is 0.256. The maximum Gasteiger partial charge on any atom is 0.0436 e. The van der Waals surface area contributed by atoms with Crippen LogP contribution in [0, 0.1) is 0 Å². The summed E-state index contributed by atoms with van der Waals surface area (Å²) < 4.78 is 12.0. The smallest absolute Gasteiger partial charge is 0.0436 e. The Kier molecular flexibility index (Phi) is 4.35. The summed E-state index contributed by atoms with van der Waals surface area (Å²) in [6.07, 6.45) is 2.08. The van der Waals surface area contributed by atoms with Crippen molar-refractivity contribution in [1.82, 2.24) is 5.32 Å². The molecular formula is C14H21NOS. The Hall–Kier alpha value is -0.670. The van der Waals surface area contributed by atoms with Gasteiger partial charge in [0, 0.05) is 27.8 Å². The second kappa shape index (κ2) is 5.78. The quantitative estimate of drug-likeness (QED) is 0.874. The van der Waals surface area contributed by atoms with Gasteiger partial charge in [-0.25, -0.2) is 0 Å². The van der Waals surface area contributed by atoms with Crippen molar-refractivity contribution in [2.24, 2.45) is 0 Å². The lowest BCUT2D eigenvalue weighted by Gasteiger charge is -2.16. The average molecular weight is 251 g/mol. The fourth-order valence-electron chi connectivity index (χ4n) is 2.18. The lowest BCUT2D eigenvalue weighted by Crippen LogP contribution is -2.23. The number of nitrogens with one attached hydrogen (secondary N) is 1. The molecule has 3 heteroatoms. The Morgan fingerprint density at radius 3 is 2.71 bits per heavy atom. The summed E-state index contributed by atoms with van der Waals surface area (Å²) in [5.74, 6) is 0.743. The van der Waals surface area contributed by atoms with Crippen molar-refractivity contribution in [3.8, 4) is 0 Å². The molecule has 0 bridgehead atoms. The van der Waals surface area contributed by atoms with Gasteiger partial charge in [-0.15, -0.1) is 0 Å². The molecule has 2 nitrogen and oxygen atoms in total. The first kappa shape index (κ1) is 12.8. The molecule has 1 saturated heterocycles. The summed E-state index contributed by atoms with van der Waals surface area (Å²) in [6, 6.07) is 8.95. The number of rotatable bonds is 2. The second-order valence-electron chi connectivity index (χ2n) is 4.75. The van der Waals surface area contributed by atoms with E-state index in [9.17, 15) is 4.21 Å². The number of benzene rings is 1. The minimum atomic E-state index is -0.703. The van der Waals surface area contributed by atoms with E-state index >= 15 is 0 Å². The molecule has 1 aromatic rings. The van der Waals surface area contributed by atoms with E-state index in [-0.39, 0.29) is 6.04 Å². The number of hydrogen-bond donors (Lipinski definition) is 1. The molecule has 0 radical (unpaired) electrons. The number of aryl methyl sites for hydroxylation is 1. The maximum absolute atomic E-state index is 12.0. The molecule has 1 aliphatic rings. The lowest BCUT2D eigenvalue weighted by molar-refractivity contribution is 0.578. The highest BCUT2D eigenvalue weighted by Crippen LogP contribution is 2.20. The van der Waals surface area contributed by atoms with Crippen molar-refractivity contribution in [1.29, 1.82) is 0 Å². The lowest BCUT2D eigenvalue weighted by atomic mass is 10.0. The molecule has 0 aliphatic carbocycles. The SMILES string of the molecule is CCc1ccc(C2CS(=O)C(C)CCN2)cc1. The molecule has 1 aromatic carbocycles. The third-order valence-electron chi connectivity index (χ3n) is 3.51. The van der Waals surface area contributed by atoms with Crippen molar-refractivity contribution in [3.05, 3.63) is 35.4 Å². The predicted octanol–water partition coefficient (Wildman–Crippen LogP) is 2.42. The molecule has 0 spiro atoms. The van der Waals surface area contributed by atoms with Crippen molar-refractivity contribution in [3.63, 3.8) is 0 Å². The van der Waals surface area contributed by atoms with Gasteiger partial charge in [0.25, 0.3) is 0 Å². The zero-order chi connectivity index (χ0) is 12.3. The zero-order valence-electron chi connectivity index (χ0n) is 10.6. The second-order valence-corrected chi connectivity index (χ2v) is 6.65. The van der Waals surface area contributed by atoms with E-state index in [1.54, 1.807) is 0 Å². The Balaban J connectivity index is 2.12. The van der Waals surface area contributed by atoms with E-state index in [2.05, 4.69) is 43.4 Å². The molecule has 3 atom stereocenters. The van der Waals surface area contributed by atoms with Gasteiger partial charge < -0.3 is 5.32 Å². The Morgan fingerprint density at radius 2 is 2.06 bits per heavy atom. The van der Waals surface area contributed by atoms with E-state index in [0.29, 0.717) is 5.25 Å². The van der Waals surface area contributed by atoms with E-state index in [1.165, 1.54) is 11.1 Å².